The second-order valence-corrected chi connectivity index (χ2v) is 8.22. The van der Waals surface area contributed by atoms with E-state index in [1.165, 1.54) is 0 Å². The fourth-order valence-electron chi connectivity index (χ4n) is 3.24. The highest BCUT2D eigenvalue weighted by Crippen LogP contribution is 2.28. The molecule has 0 aliphatic heterocycles. The Hall–Kier alpha value is -2.54. The van der Waals surface area contributed by atoms with Crippen LogP contribution in [0.5, 0.6) is 11.5 Å². The van der Waals surface area contributed by atoms with Crippen LogP contribution in [0.2, 0.25) is 0 Å². The first-order chi connectivity index (χ1) is 14.9. The maximum Gasteiger partial charge on any atom is 0.242 e. The first-order valence-electron chi connectivity index (χ1n) is 10.4. The molecular weight excluding hydrogens is 460 g/mol. The molecule has 2 aromatic rings. The molecule has 7 heteroatoms. The van der Waals surface area contributed by atoms with E-state index in [9.17, 15) is 9.59 Å². The molecule has 0 saturated heterocycles. The van der Waals surface area contributed by atoms with Gasteiger partial charge in [0, 0.05) is 24.0 Å². The topological polar surface area (TPSA) is 67.9 Å². The van der Waals surface area contributed by atoms with E-state index < -0.39 is 6.04 Å². The molecule has 2 amide bonds. The van der Waals surface area contributed by atoms with E-state index in [1.807, 2.05) is 49.4 Å². The molecular formula is C24H31BrN2O4. The minimum atomic E-state index is -0.566. The molecule has 0 aliphatic carbocycles. The first-order valence-corrected chi connectivity index (χ1v) is 11.2. The molecule has 0 bridgehead atoms. The maximum atomic E-state index is 13.2. The van der Waals surface area contributed by atoms with Crippen molar-refractivity contribution in [1.29, 1.82) is 0 Å². The van der Waals surface area contributed by atoms with Gasteiger partial charge in [-0.1, -0.05) is 41.1 Å². The molecule has 0 fully saturated rings. The van der Waals surface area contributed by atoms with E-state index in [-0.39, 0.29) is 18.2 Å². The van der Waals surface area contributed by atoms with E-state index in [1.54, 1.807) is 26.0 Å². The quantitative estimate of drug-likeness (QED) is 0.508. The summed E-state index contributed by atoms with van der Waals surface area (Å²) in [7, 11) is 3.18. The maximum absolute atomic E-state index is 13.2. The van der Waals surface area contributed by atoms with Crippen LogP contribution in [0, 0.1) is 0 Å². The van der Waals surface area contributed by atoms with Crippen molar-refractivity contribution < 1.29 is 19.1 Å². The summed E-state index contributed by atoms with van der Waals surface area (Å²) >= 11 is 3.47. The summed E-state index contributed by atoms with van der Waals surface area (Å²) in [4.78, 5) is 27.4. The van der Waals surface area contributed by atoms with E-state index >= 15 is 0 Å². The van der Waals surface area contributed by atoms with Gasteiger partial charge in [-0.25, -0.2) is 0 Å². The molecule has 0 aliphatic rings. The Kier molecular flexibility index (Phi) is 9.85. The Morgan fingerprint density at radius 1 is 1.06 bits per heavy atom. The number of methoxy groups -OCH3 is 2. The average molecular weight is 491 g/mol. The minimum absolute atomic E-state index is 0.0751. The zero-order chi connectivity index (χ0) is 22.8. The van der Waals surface area contributed by atoms with Gasteiger partial charge >= 0.3 is 0 Å². The Labute approximate surface area is 193 Å². The van der Waals surface area contributed by atoms with Gasteiger partial charge in [0.1, 0.15) is 6.04 Å². The highest BCUT2D eigenvalue weighted by Gasteiger charge is 2.25. The van der Waals surface area contributed by atoms with Gasteiger partial charge in [-0.3, -0.25) is 9.59 Å². The lowest BCUT2D eigenvalue weighted by Gasteiger charge is -2.29. The molecule has 0 aromatic heterocycles. The van der Waals surface area contributed by atoms with Crippen molar-refractivity contribution >= 4 is 27.7 Å². The van der Waals surface area contributed by atoms with Gasteiger partial charge in [-0.05, 0) is 55.2 Å². The average Bonchev–Trinajstić information content (AvgIpc) is 2.78. The summed E-state index contributed by atoms with van der Waals surface area (Å²) in [6.07, 6.45) is 1.67. The molecule has 0 radical (unpaired) electrons. The summed E-state index contributed by atoms with van der Waals surface area (Å²) in [6.45, 7) is 4.73. The molecule has 6 nitrogen and oxygen atoms in total. The molecule has 168 valence electrons. The monoisotopic (exact) mass is 490 g/mol. The van der Waals surface area contributed by atoms with Gasteiger partial charge < -0.3 is 19.7 Å². The number of nitrogens with zero attached hydrogens (tertiary/aromatic N) is 1. The van der Waals surface area contributed by atoms with Crippen LogP contribution >= 0.6 is 15.9 Å². The van der Waals surface area contributed by atoms with Gasteiger partial charge in [0.15, 0.2) is 11.5 Å². The van der Waals surface area contributed by atoms with Gasteiger partial charge in [-0.2, -0.15) is 0 Å². The molecule has 2 rings (SSSR count). The van der Waals surface area contributed by atoms with Crippen molar-refractivity contribution in [2.24, 2.45) is 0 Å². The molecule has 1 atom stereocenters. The van der Waals surface area contributed by atoms with E-state index in [0.717, 1.165) is 22.0 Å². The predicted octanol–water partition coefficient (Wildman–Crippen LogP) is 4.34. The number of aryl methyl sites for hydroxylation is 1. The molecule has 31 heavy (non-hydrogen) atoms. The highest BCUT2D eigenvalue weighted by molar-refractivity contribution is 9.10. The number of nitrogens with one attached hydrogen (secondary N) is 1. The number of hydrogen-bond acceptors (Lipinski definition) is 4. The summed E-state index contributed by atoms with van der Waals surface area (Å²) in [5.41, 5.74) is 1.93. The molecule has 0 saturated carbocycles. The van der Waals surface area contributed by atoms with Gasteiger partial charge in [0.2, 0.25) is 11.8 Å². The second-order valence-electron chi connectivity index (χ2n) is 7.31. The molecule has 0 heterocycles. The van der Waals surface area contributed by atoms with Crippen molar-refractivity contribution in [3.63, 3.8) is 0 Å². The fourth-order valence-corrected chi connectivity index (χ4v) is 3.69. The standard InChI is InChI=1S/C24H31BrN2O4/c1-5-13-26-24(29)17(2)27(16-19-7-6-8-20(25)14-19)23(28)12-10-18-9-11-21(30-3)22(15-18)31-4/h6-9,11,14-15,17H,5,10,12-13,16H2,1-4H3,(H,26,29)/t17-/m1/s1. The Bertz CT molecular complexity index is 888. The number of carbonyl (C=O) groups is 2. The molecule has 0 unspecified atom stereocenters. The fraction of sp³-hybridized carbons (Fsp3) is 0.417. The minimum Gasteiger partial charge on any atom is -0.493 e. The summed E-state index contributed by atoms with van der Waals surface area (Å²) < 4.78 is 11.6. The third-order valence-electron chi connectivity index (χ3n) is 5.03. The largest absolute Gasteiger partial charge is 0.493 e. The van der Waals surface area contributed by atoms with Gasteiger partial charge in [0.05, 0.1) is 14.2 Å². The van der Waals surface area contributed by atoms with Crippen LogP contribution in [0.25, 0.3) is 0 Å². The van der Waals surface area contributed by atoms with Crippen molar-refractivity contribution in [3.8, 4) is 11.5 Å². The summed E-state index contributed by atoms with van der Waals surface area (Å²) in [5, 5.41) is 2.89. The van der Waals surface area contributed by atoms with E-state index in [4.69, 9.17) is 9.47 Å². The van der Waals surface area contributed by atoms with Crippen LogP contribution in [-0.2, 0) is 22.6 Å². The number of rotatable bonds is 11. The van der Waals surface area contributed by atoms with Crippen LogP contribution < -0.4 is 14.8 Å². The van der Waals surface area contributed by atoms with Crippen molar-refractivity contribution in [2.45, 2.75) is 45.7 Å². The van der Waals surface area contributed by atoms with Gasteiger partial charge in [-0.15, -0.1) is 0 Å². The number of carbonyl (C=O) groups excluding carboxylic acids is 2. The Morgan fingerprint density at radius 2 is 1.81 bits per heavy atom. The number of amides is 2. The van der Waals surface area contributed by atoms with Crippen molar-refractivity contribution in [3.05, 3.63) is 58.1 Å². The van der Waals surface area contributed by atoms with E-state index in [0.29, 0.717) is 31.0 Å². The number of ether oxygens (including phenoxy) is 2. The Morgan fingerprint density at radius 3 is 2.45 bits per heavy atom. The van der Waals surface area contributed by atoms with Crippen LogP contribution in [0.4, 0.5) is 0 Å². The molecule has 2 aromatic carbocycles. The summed E-state index contributed by atoms with van der Waals surface area (Å²) in [6, 6.07) is 12.8. The lowest BCUT2D eigenvalue weighted by molar-refractivity contribution is -0.140. The number of halogens is 1. The third kappa shape index (κ3) is 7.28. The zero-order valence-corrected chi connectivity index (χ0v) is 20.2. The van der Waals surface area contributed by atoms with E-state index in [2.05, 4.69) is 21.2 Å². The van der Waals surface area contributed by atoms with Crippen LogP contribution in [0.3, 0.4) is 0 Å². The predicted molar refractivity (Wildman–Crippen MR) is 125 cm³/mol. The van der Waals surface area contributed by atoms with Crippen LogP contribution in [-0.4, -0.2) is 43.5 Å². The second kappa shape index (κ2) is 12.3. The third-order valence-corrected chi connectivity index (χ3v) is 5.53. The SMILES string of the molecule is CCCNC(=O)[C@@H](C)N(Cc1cccc(Br)c1)C(=O)CCc1ccc(OC)c(OC)c1. The van der Waals surface area contributed by atoms with Crippen LogP contribution in [0.1, 0.15) is 37.8 Å². The molecule has 1 N–H and O–H groups in total. The number of hydrogen-bond donors (Lipinski definition) is 1. The highest BCUT2D eigenvalue weighted by atomic mass is 79.9. The molecule has 0 spiro atoms. The lowest BCUT2D eigenvalue weighted by atomic mass is 10.1. The normalized spacial score (nSPS) is 11.5. The first kappa shape index (κ1) is 24.7. The lowest BCUT2D eigenvalue weighted by Crippen LogP contribution is -2.47. The number of benzene rings is 2. The zero-order valence-electron chi connectivity index (χ0n) is 18.6. The van der Waals surface area contributed by atoms with Crippen LogP contribution in [0.15, 0.2) is 46.9 Å². The van der Waals surface area contributed by atoms with Crippen molar-refractivity contribution in [2.75, 3.05) is 20.8 Å². The Balaban J connectivity index is 2.15. The van der Waals surface area contributed by atoms with Crippen molar-refractivity contribution in [1.82, 2.24) is 10.2 Å². The van der Waals surface area contributed by atoms with Gasteiger partial charge in [0.25, 0.3) is 0 Å². The smallest absolute Gasteiger partial charge is 0.242 e. The summed E-state index contributed by atoms with van der Waals surface area (Å²) in [5.74, 6) is 1.06.